The number of nitrogens with one attached hydrogen (secondary N) is 2. The zero-order chi connectivity index (χ0) is 45.5. The first-order valence-electron chi connectivity index (χ1n) is 21.6. The van der Waals surface area contributed by atoms with E-state index in [1.165, 1.54) is 23.9 Å². The van der Waals surface area contributed by atoms with Crippen LogP contribution in [0.4, 0.5) is 0 Å². The molecular formula is C48H46Cl4N4O8S. The third-order valence-corrected chi connectivity index (χ3v) is 14.6. The van der Waals surface area contributed by atoms with Crippen LogP contribution in [0.15, 0.2) is 70.5 Å². The van der Waals surface area contributed by atoms with E-state index in [-0.39, 0.29) is 43.7 Å². The molecule has 0 aromatic heterocycles. The van der Waals surface area contributed by atoms with Gasteiger partial charge in [0, 0.05) is 109 Å². The van der Waals surface area contributed by atoms with E-state index in [0.29, 0.717) is 121 Å². The molecule has 4 heterocycles. The predicted molar refractivity (Wildman–Crippen MR) is 253 cm³/mol. The lowest BCUT2D eigenvalue weighted by Gasteiger charge is -2.20. The van der Waals surface area contributed by atoms with Crippen LogP contribution in [0.3, 0.4) is 0 Å². The summed E-state index contributed by atoms with van der Waals surface area (Å²) in [7, 11) is 0. The molecule has 2 fully saturated rings. The highest BCUT2D eigenvalue weighted by Crippen LogP contribution is 2.49. The first-order chi connectivity index (χ1) is 31.5. The van der Waals surface area contributed by atoms with Gasteiger partial charge in [-0.2, -0.15) is 9.78 Å². The maximum atomic E-state index is 13.1. The van der Waals surface area contributed by atoms with Crippen molar-refractivity contribution in [3.63, 3.8) is 0 Å². The fourth-order valence-corrected chi connectivity index (χ4v) is 10.3. The Kier molecular flexibility index (Phi) is 15.6. The van der Waals surface area contributed by atoms with Crippen molar-refractivity contribution in [2.45, 2.75) is 61.2 Å². The van der Waals surface area contributed by atoms with Crippen LogP contribution in [0.1, 0.15) is 60.8 Å². The number of carbonyl (C=O) groups excluding carboxylic acids is 4. The van der Waals surface area contributed by atoms with Crippen molar-refractivity contribution in [3.8, 4) is 33.8 Å². The maximum Gasteiger partial charge on any atom is 0.244 e. The van der Waals surface area contributed by atoms with Gasteiger partial charge >= 0.3 is 0 Å². The van der Waals surface area contributed by atoms with Crippen molar-refractivity contribution in [2.75, 3.05) is 52.5 Å². The third-order valence-electron chi connectivity index (χ3n) is 11.5. The molecule has 8 rings (SSSR count). The van der Waals surface area contributed by atoms with Crippen molar-refractivity contribution in [1.82, 2.24) is 20.4 Å². The fourth-order valence-electron chi connectivity index (χ4n) is 8.14. The summed E-state index contributed by atoms with van der Waals surface area (Å²) in [6.45, 7) is 4.28. The monoisotopic (exact) mass is 978 g/mol. The number of benzene rings is 4. The lowest BCUT2D eigenvalue weighted by molar-refractivity contribution is -0.215. The van der Waals surface area contributed by atoms with Gasteiger partial charge in [-0.05, 0) is 96.5 Å². The number of halogens is 4. The molecule has 17 heteroatoms. The van der Waals surface area contributed by atoms with E-state index in [4.69, 9.17) is 66.0 Å². The van der Waals surface area contributed by atoms with Crippen molar-refractivity contribution in [2.24, 2.45) is 0 Å². The standard InChI is InChI=1S/C48H46Cl4N4O8S/c49-45-33(9-13-41(57)53-17-3-21-55-19-1-5-43(55)59)35(29-7-11-37-31(25-29)15-23-61-63-37)27-39(47(45)51)65-40-28-36(30-8-12-38-32(26-30)16-24-62-64-38)34(46(50)48(40)52)10-14-42(58)54-18-4-22-56-20-2-6-44(56)60/h7-14,25-28H,1-6,15-24H2,(H,53,57)(H,54,58). The molecule has 0 unspecified atom stereocenters. The highest BCUT2D eigenvalue weighted by molar-refractivity contribution is 7.99. The van der Waals surface area contributed by atoms with E-state index in [0.717, 1.165) is 48.2 Å². The Bertz CT molecular complexity index is 2400. The van der Waals surface area contributed by atoms with Crippen molar-refractivity contribution < 1.29 is 38.7 Å². The Labute approximate surface area is 401 Å². The Balaban J connectivity index is 1.10. The summed E-state index contributed by atoms with van der Waals surface area (Å²) < 4.78 is 0. The van der Waals surface area contributed by atoms with Gasteiger partial charge in [-0.25, -0.2) is 0 Å². The molecule has 0 saturated carbocycles. The fraction of sp³-hybridized carbons (Fsp3) is 0.333. The first kappa shape index (κ1) is 46.8. The zero-order valence-electron chi connectivity index (χ0n) is 35.3. The average Bonchev–Trinajstić information content (AvgIpc) is 3.94. The second-order valence-electron chi connectivity index (χ2n) is 15.9. The van der Waals surface area contributed by atoms with Crippen LogP contribution in [0.5, 0.6) is 11.5 Å². The van der Waals surface area contributed by atoms with Crippen LogP contribution in [0.25, 0.3) is 34.4 Å². The predicted octanol–water partition coefficient (Wildman–Crippen LogP) is 9.80. The van der Waals surface area contributed by atoms with E-state index in [9.17, 15) is 19.2 Å². The van der Waals surface area contributed by atoms with Crippen LogP contribution >= 0.6 is 58.2 Å². The minimum atomic E-state index is -0.317. The van der Waals surface area contributed by atoms with E-state index >= 15 is 0 Å². The molecule has 0 radical (unpaired) electrons. The van der Waals surface area contributed by atoms with Gasteiger partial charge in [0.1, 0.15) is 0 Å². The summed E-state index contributed by atoms with van der Waals surface area (Å²) >= 11 is 29.8. The molecule has 0 aliphatic carbocycles. The van der Waals surface area contributed by atoms with Gasteiger partial charge in [0.15, 0.2) is 11.5 Å². The lowest BCUT2D eigenvalue weighted by atomic mass is 9.96. The highest BCUT2D eigenvalue weighted by Gasteiger charge is 2.24. The molecule has 65 heavy (non-hydrogen) atoms. The summed E-state index contributed by atoms with van der Waals surface area (Å²) in [4.78, 5) is 76.2. The molecule has 2 N–H and O–H groups in total. The summed E-state index contributed by atoms with van der Waals surface area (Å²) in [5, 5.41) is 6.72. The van der Waals surface area contributed by atoms with E-state index in [1.54, 1.807) is 12.2 Å². The number of amides is 4. The third kappa shape index (κ3) is 11.3. The van der Waals surface area contributed by atoms with Crippen LogP contribution in [0, 0.1) is 0 Å². The number of hydrogen-bond acceptors (Lipinski definition) is 9. The van der Waals surface area contributed by atoms with Gasteiger partial charge in [-0.3, -0.25) is 19.2 Å². The smallest absolute Gasteiger partial charge is 0.244 e. The minimum absolute atomic E-state index is 0.149. The Morgan fingerprint density at radius 3 is 1.48 bits per heavy atom. The van der Waals surface area contributed by atoms with Gasteiger partial charge in [0.2, 0.25) is 23.6 Å². The molecule has 4 aliphatic rings. The van der Waals surface area contributed by atoms with E-state index in [1.807, 2.05) is 58.3 Å². The number of fused-ring (bicyclic) bond motifs is 2. The second-order valence-corrected chi connectivity index (χ2v) is 18.5. The molecule has 2 saturated heterocycles. The molecule has 4 aromatic rings. The quantitative estimate of drug-likeness (QED) is 0.0639. The minimum Gasteiger partial charge on any atom is -0.352 e. The van der Waals surface area contributed by atoms with Crippen LogP contribution in [-0.4, -0.2) is 85.9 Å². The number of likely N-dealkylation sites (tertiary alicyclic amines) is 2. The average molecular weight is 981 g/mol. The summed E-state index contributed by atoms with van der Waals surface area (Å²) in [6, 6.07) is 15.2. The van der Waals surface area contributed by atoms with Crippen LogP contribution in [-0.2, 0) is 41.8 Å². The second kappa shape index (κ2) is 21.7. The molecule has 4 amide bonds. The zero-order valence-corrected chi connectivity index (χ0v) is 39.2. The maximum absolute atomic E-state index is 13.1. The Morgan fingerprint density at radius 1 is 0.615 bits per heavy atom. The Morgan fingerprint density at radius 2 is 1.06 bits per heavy atom. The number of carbonyl (C=O) groups is 4. The first-order valence-corrected chi connectivity index (χ1v) is 23.9. The summed E-state index contributed by atoms with van der Waals surface area (Å²) in [5.41, 5.74) is 5.94. The lowest BCUT2D eigenvalue weighted by Crippen LogP contribution is -2.29. The largest absolute Gasteiger partial charge is 0.352 e. The molecule has 4 aromatic carbocycles. The van der Waals surface area contributed by atoms with Gasteiger partial charge in [-0.15, -0.1) is 0 Å². The normalized spacial score (nSPS) is 15.9. The van der Waals surface area contributed by atoms with Crippen LogP contribution in [0.2, 0.25) is 20.1 Å². The number of rotatable bonds is 16. The SMILES string of the molecule is O=C(C=Cc1c(-c2ccc3c(c2)CCOO3)cc(Sc2cc(-c3ccc4c(c3)CCOO4)c(C=CC(=O)NCCCN3CCCC3=O)c(Cl)c2Cl)c(Cl)c1Cl)NCCCN1CCCC1=O. The molecule has 0 spiro atoms. The number of hydrogen-bond donors (Lipinski definition) is 2. The molecule has 12 nitrogen and oxygen atoms in total. The molecule has 340 valence electrons. The summed E-state index contributed by atoms with van der Waals surface area (Å²) in [5.74, 6) is 0.884. The van der Waals surface area contributed by atoms with Gasteiger partial charge < -0.3 is 30.2 Å². The number of nitrogens with zero attached hydrogens (tertiary/aromatic N) is 2. The summed E-state index contributed by atoms with van der Waals surface area (Å²) in [6.07, 6.45) is 11.5. The van der Waals surface area contributed by atoms with Crippen molar-refractivity contribution in [1.29, 1.82) is 0 Å². The van der Waals surface area contributed by atoms with Crippen molar-refractivity contribution in [3.05, 3.63) is 103 Å². The molecular weight excluding hydrogens is 934 g/mol. The Hall–Kier alpha value is -4.73. The van der Waals surface area contributed by atoms with Crippen molar-refractivity contribution >= 4 is 93.9 Å². The molecule has 0 atom stereocenters. The van der Waals surface area contributed by atoms with Gasteiger partial charge in [0.25, 0.3) is 0 Å². The van der Waals surface area contributed by atoms with E-state index < -0.39 is 0 Å². The van der Waals surface area contributed by atoms with Gasteiger partial charge in [-0.1, -0.05) is 70.3 Å². The van der Waals surface area contributed by atoms with E-state index in [2.05, 4.69) is 10.6 Å². The highest BCUT2D eigenvalue weighted by atomic mass is 35.5. The topological polar surface area (TPSA) is 136 Å². The molecule has 4 aliphatic heterocycles. The van der Waals surface area contributed by atoms with Gasteiger partial charge in [0.05, 0.1) is 33.3 Å². The molecule has 0 bridgehead atoms. The van der Waals surface area contributed by atoms with Crippen LogP contribution < -0.4 is 20.4 Å².